The van der Waals surface area contributed by atoms with Crippen molar-refractivity contribution in [1.82, 2.24) is 9.80 Å². The molecule has 2 heterocycles. The Hall–Kier alpha value is -1.30. The smallest absolute Gasteiger partial charge is 0.410 e. The number of nitrogens with zero attached hydrogens (tertiary/aromatic N) is 2. The fraction of sp³-hybridized carbons (Fsp3) is 0.867. The molecule has 0 bridgehead atoms. The highest BCUT2D eigenvalue weighted by Gasteiger charge is 2.35. The van der Waals surface area contributed by atoms with Crippen molar-refractivity contribution in [2.75, 3.05) is 19.6 Å². The van der Waals surface area contributed by atoms with Gasteiger partial charge in [-0.1, -0.05) is 0 Å². The fourth-order valence-corrected chi connectivity index (χ4v) is 2.93. The number of piperidine rings is 1. The Bertz CT molecular complexity index is 405. The van der Waals surface area contributed by atoms with Gasteiger partial charge in [-0.3, -0.25) is 4.79 Å². The van der Waals surface area contributed by atoms with E-state index in [9.17, 15) is 14.7 Å². The first kappa shape index (κ1) is 16.1. The number of carbonyl (C=O) groups is 2. The second kappa shape index (κ2) is 6.22. The first-order valence-electron chi connectivity index (χ1n) is 7.72. The molecule has 0 radical (unpaired) electrons. The lowest BCUT2D eigenvalue weighted by molar-refractivity contribution is -0.128. The predicted octanol–water partition coefficient (Wildman–Crippen LogP) is 1.37. The number of hydrogen-bond acceptors (Lipinski definition) is 4. The van der Waals surface area contributed by atoms with Crippen molar-refractivity contribution in [3.63, 3.8) is 0 Å². The number of likely N-dealkylation sites (tertiary alicyclic amines) is 2. The summed E-state index contributed by atoms with van der Waals surface area (Å²) in [6.45, 7) is 7.09. The molecule has 1 N–H and O–H groups in total. The number of carbonyl (C=O) groups excluding carboxylic acids is 2. The van der Waals surface area contributed by atoms with Crippen LogP contribution in [0, 0.1) is 0 Å². The minimum absolute atomic E-state index is 0.0112. The summed E-state index contributed by atoms with van der Waals surface area (Å²) in [5, 5.41) is 9.56. The van der Waals surface area contributed by atoms with Crippen LogP contribution in [0.5, 0.6) is 0 Å². The maximum absolute atomic E-state index is 12.3. The van der Waals surface area contributed by atoms with E-state index in [1.54, 1.807) is 9.80 Å². The Morgan fingerprint density at radius 2 is 2.10 bits per heavy atom. The van der Waals surface area contributed by atoms with E-state index < -0.39 is 11.7 Å². The Balaban J connectivity index is 1.98. The van der Waals surface area contributed by atoms with E-state index in [4.69, 9.17) is 4.74 Å². The van der Waals surface area contributed by atoms with E-state index in [1.807, 2.05) is 20.8 Å². The molecule has 2 unspecified atom stereocenters. The van der Waals surface area contributed by atoms with Crippen molar-refractivity contribution in [2.45, 2.75) is 64.2 Å². The SMILES string of the molecule is CC(C)(C)OC(=O)N1CCCCC1CN1CC(O)CC1=O. The molecular formula is C15H26N2O4. The number of hydrogen-bond donors (Lipinski definition) is 1. The molecule has 6 heteroatoms. The molecule has 2 amide bonds. The summed E-state index contributed by atoms with van der Waals surface area (Å²) >= 11 is 0. The maximum Gasteiger partial charge on any atom is 0.410 e. The van der Waals surface area contributed by atoms with E-state index in [-0.39, 0.29) is 24.5 Å². The predicted molar refractivity (Wildman–Crippen MR) is 77.8 cm³/mol. The van der Waals surface area contributed by atoms with Crippen molar-refractivity contribution in [2.24, 2.45) is 0 Å². The van der Waals surface area contributed by atoms with Gasteiger partial charge in [0.25, 0.3) is 0 Å². The van der Waals surface area contributed by atoms with Crippen LogP contribution in [0.15, 0.2) is 0 Å². The summed E-state index contributed by atoms with van der Waals surface area (Å²) in [7, 11) is 0. The van der Waals surface area contributed by atoms with Crippen LogP contribution in [0.2, 0.25) is 0 Å². The first-order chi connectivity index (χ1) is 9.76. The molecule has 2 aliphatic rings. The standard InChI is InChI=1S/C15H26N2O4/c1-15(2,3)21-14(20)17-7-5-4-6-11(17)9-16-10-12(18)8-13(16)19/h11-12,18H,4-10H2,1-3H3. The topological polar surface area (TPSA) is 70.1 Å². The van der Waals surface area contributed by atoms with Crippen LogP contribution >= 0.6 is 0 Å². The van der Waals surface area contributed by atoms with Crippen molar-refractivity contribution in [3.8, 4) is 0 Å². The molecule has 0 aliphatic carbocycles. The lowest BCUT2D eigenvalue weighted by Gasteiger charge is -2.38. The van der Waals surface area contributed by atoms with E-state index in [2.05, 4.69) is 0 Å². The van der Waals surface area contributed by atoms with Gasteiger partial charge in [-0.15, -0.1) is 0 Å². The number of β-amino-alcohol motifs (C(OH)–C–C–N with tert-alkyl or cyclic N) is 1. The van der Waals surface area contributed by atoms with Crippen LogP contribution in [-0.4, -0.2) is 64.3 Å². The Kier molecular flexibility index (Phi) is 4.76. The van der Waals surface area contributed by atoms with Crippen molar-refractivity contribution >= 4 is 12.0 Å². The Labute approximate surface area is 126 Å². The minimum Gasteiger partial charge on any atom is -0.444 e. The second-order valence-corrected chi connectivity index (χ2v) is 6.98. The van der Waals surface area contributed by atoms with Crippen LogP contribution in [0.1, 0.15) is 46.5 Å². The second-order valence-electron chi connectivity index (χ2n) is 6.98. The van der Waals surface area contributed by atoms with Crippen LogP contribution < -0.4 is 0 Å². The van der Waals surface area contributed by atoms with Crippen LogP contribution in [0.25, 0.3) is 0 Å². The Morgan fingerprint density at radius 3 is 2.67 bits per heavy atom. The van der Waals surface area contributed by atoms with Crippen molar-refractivity contribution in [1.29, 1.82) is 0 Å². The average molecular weight is 298 g/mol. The highest BCUT2D eigenvalue weighted by molar-refractivity contribution is 5.79. The number of aliphatic hydroxyl groups is 1. The molecule has 2 fully saturated rings. The summed E-state index contributed by atoms with van der Waals surface area (Å²) in [5.41, 5.74) is -0.515. The highest BCUT2D eigenvalue weighted by Crippen LogP contribution is 2.23. The largest absolute Gasteiger partial charge is 0.444 e. The first-order valence-corrected chi connectivity index (χ1v) is 7.72. The molecule has 0 saturated carbocycles. The number of amides is 2. The van der Waals surface area contributed by atoms with Gasteiger partial charge in [-0.05, 0) is 40.0 Å². The molecule has 2 rings (SSSR count). The van der Waals surface area contributed by atoms with Gasteiger partial charge >= 0.3 is 6.09 Å². The molecular weight excluding hydrogens is 272 g/mol. The summed E-state index contributed by atoms with van der Waals surface area (Å²) in [4.78, 5) is 27.5. The highest BCUT2D eigenvalue weighted by atomic mass is 16.6. The zero-order chi connectivity index (χ0) is 15.6. The van der Waals surface area contributed by atoms with Gasteiger partial charge < -0.3 is 19.6 Å². The maximum atomic E-state index is 12.3. The summed E-state index contributed by atoms with van der Waals surface area (Å²) in [6.07, 6.45) is 2.20. The lowest BCUT2D eigenvalue weighted by Crippen LogP contribution is -2.51. The van der Waals surface area contributed by atoms with Gasteiger partial charge in [-0.2, -0.15) is 0 Å². The van der Waals surface area contributed by atoms with E-state index in [1.165, 1.54) is 0 Å². The molecule has 2 aliphatic heterocycles. The Morgan fingerprint density at radius 1 is 1.38 bits per heavy atom. The minimum atomic E-state index is -0.573. The van der Waals surface area contributed by atoms with Crippen LogP contribution in [0.4, 0.5) is 4.79 Å². The molecule has 0 aromatic heterocycles. The van der Waals surface area contributed by atoms with Gasteiger partial charge in [0.2, 0.25) is 5.91 Å². The van der Waals surface area contributed by atoms with Gasteiger partial charge in [0, 0.05) is 19.6 Å². The average Bonchev–Trinajstić information content (AvgIpc) is 2.66. The third kappa shape index (κ3) is 4.33. The van der Waals surface area contributed by atoms with E-state index >= 15 is 0 Å². The molecule has 0 spiro atoms. The molecule has 6 nitrogen and oxygen atoms in total. The summed E-state index contributed by atoms with van der Waals surface area (Å²) in [5.74, 6) is -0.0304. The lowest BCUT2D eigenvalue weighted by atomic mass is 10.0. The molecule has 0 aromatic rings. The normalized spacial score (nSPS) is 27.1. The van der Waals surface area contributed by atoms with Crippen LogP contribution in [-0.2, 0) is 9.53 Å². The van der Waals surface area contributed by atoms with E-state index in [0.29, 0.717) is 19.6 Å². The number of rotatable bonds is 2. The summed E-state index contributed by atoms with van der Waals surface area (Å²) < 4.78 is 5.45. The number of ether oxygens (including phenoxy) is 1. The van der Waals surface area contributed by atoms with Crippen molar-refractivity contribution in [3.05, 3.63) is 0 Å². The summed E-state index contributed by atoms with van der Waals surface area (Å²) in [6, 6.07) is -0.0112. The van der Waals surface area contributed by atoms with Gasteiger partial charge in [0.05, 0.1) is 18.6 Å². The monoisotopic (exact) mass is 298 g/mol. The number of aliphatic hydroxyl groups excluding tert-OH is 1. The molecule has 21 heavy (non-hydrogen) atoms. The van der Waals surface area contributed by atoms with Crippen molar-refractivity contribution < 1.29 is 19.4 Å². The van der Waals surface area contributed by atoms with E-state index in [0.717, 1.165) is 19.3 Å². The zero-order valence-corrected chi connectivity index (χ0v) is 13.2. The van der Waals surface area contributed by atoms with Gasteiger partial charge in [0.15, 0.2) is 0 Å². The van der Waals surface area contributed by atoms with Gasteiger partial charge in [-0.25, -0.2) is 4.79 Å². The molecule has 120 valence electrons. The third-order valence-corrected chi connectivity index (χ3v) is 3.88. The third-order valence-electron chi connectivity index (χ3n) is 3.88. The quantitative estimate of drug-likeness (QED) is 0.836. The van der Waals surface area contributed by atoms with Crippen LogP contribution in [0.3, 0.4) is 0 Å². The van der Waals surface area contributed by atoms with Gasteiger partial charge in [0.1, 0.15) is 5.60 Å². The molecule has 2 saturated heterocycles. The fourth-order valence-electron chi connectivity index (χ4n) is 2.93. The molecule has 2 atom stereocenters. The molecule has 0 aromatic carbocycles. The zero-order valence-electron chi connectivity index (χ0n) is 13.2.